The normalized spacial score (nSPS) is 47.3. The third-order valence-corrected chi connectivity index (χ3v) is 17.5. The molecule has 8 aliphatic carbocycles. The van der Waals surface area contributed by atoms with E-state index in [0.717, 1.165) is 31.3 Å². The van der Waals surface area contributed by atoms with Gasteiger partial charge in [0.1, 0.15) is 12.2 Å². The molecule has 322 valence electrons. The standard InChI is InChI=1S/C24H31FO6.C23H30O5/c1-20(2)30-19-10-16-15-6-5-13-9-14(27)7-8-21(13,3)23(15,25)17(28)11-22(16,4)24(19,31-20)18(29)12-26;1-14(24)28-13-20(26)23(27)11-8-19-17-5-4-15-12-16(25)6-9-21(15,2)18(17)7-10-22(19,23)3/h7-9,15-17,19,26,28H,5-6,10-12H2,1-4H3;7,12,17,19,27H,4-6,8-11,13H2,1-3H3/t15-,16-,17-,19+,21-,22-,23-,24+;17-,19+,21+,22+,23+/m01/s1. The molecular weight excluding hydrogens is 760 g/mol. The van der Waals surface area contributed by atoms with Crippen molar-refractivity contribution in [2.45, 2.75) is 154 Å². The minimum absolute atomic E-state index is 0.0109. The van der Waals surface area contributed by atoms with E-state index in [1.54, 1.807) is 26.8 Å². The Morgan fingerprint density at radius 1 is 0.898 bits per heavy atom. The van der Waals surface area contributed by atoms with Crippen molar-refractivity contribution in [1.29, 1.82) is 0 Å². The zero-order valence-corrected chi connectivity index (χ0v) is 35.5. The van der Waals surface area contributed by atoms with Crippen LogP contribution in [0.2, 0.25) is 0 Å². The number of hydrogen-bond donors (Lipinski definition) is 3. The highest BCUT2D eigenvalue weighted by Crippen LogP contribution is 2.72. The van der Waals surface area contributed by atoms with Gasteiger partial charge in [-0.05, 0) is 121 Å². The fraction of sp³-hybridized carbons (Fsp3) is 0.723. The smallest absolute Gasteiger partial charge is 0.303 e. The summed E-state index contributed by atoms with van der Waals surface area (Å²) in [6.07, 6.45) is 13.3. The van der Waals surface area contributed by atoms with Crippen LogP contribution in [0.4, 0.5) is 4.39 Å². The van der Waals surface area contributed by atoms with Gasteiger partial charge < -0.3 is 29.5 Å². The number of carbonyl (C=O) groups excluding carboxylic acids is 5. The van der Waals surface area contributed by atoms with Gasteiger partial charge in [0.25, 0.3) is 0 Å². The Hall–Kier alpha value is -3.16. The van der Waals surface area contributed by atoms with Gasteiger partial charge in [0.2, 0.25) is 5.78 Å². The molecule has 0 bridgehead atoms. The second kappa shape index (κ2) is 13.7. The van der Waals surface area contributed by atoms with Crippen molar-refractivity contribution >= 4 is 29.1 Å². The molecule has 0 spiro atoms. The Kier molecular flexibility index (Phi) is 9.85. The predicted molar refractivity (Wildman–Crippen MR) is 212 cm³/mol. The van der Waals surface area contributed by atoms with E-state index in [-0.39, 0.29) is 47.6 Å². The zero-order valence-electron chi connectivity index (χ0n) is 35.5. The third-order valence-electron chi connectivity index (χ3n) is 17.5. The highest BCUT2D eigenvalue weighted by atomic mass is 19.1. The van der Waals surface area contributed by atoms with Crippen molar-refractivity contribution in [3.8, 4) is 0 Å². The van der Waals surface area contributed by atoms with Crippen LogP contribution in [-0.4, -0.2) is 92.5 Å². The fourth-order valence-electron chi connectivity index (χ4n) is 14.5. The molecule has 9 rings (SSSR count). The molecule has 9 aliphatic rings. The summed E-state index contributed by atoms with van der Waals surface area (Å²) in [6.45, 7) is 11.6. The number of alkyl halides is 1. The summed E-state index contributed by atoms with van der Waals surface area (Å²) in [5, 5.41) is 32.6. The summed E-state index contributed by atoms with van der Waals surface area (Å²) in [5.74, 6) is -2.54. The first kappa shape index (κ1) is 42.5. The maximum absolute atomic E-state index is 17.1. The van der Waals surface area contributed by atoms with Crippen molar-refractivity contribution in [1.82, 2.24) is 0 Å². The number of aliphatic hydroxyl groups is 3. The molecule has 1 aliphatic heterocycles. The molecule has 12 heteroatoms. The Morgan fingerprint density at radius 3 is 2.31 bits per heavy atom. The lowest BCUT2D eigenvalue weighted by molar-refractivity contribution is -0.246. The predicted octanol–water partition coefficient (Wildman–Crippen LogP) is 5.72. The average Bonchev–Trinajstić information content (AvgIpc) is 3.71. The number of esters is 1. The quantitative estimate of drug-likeness (QED) is 0.229. The molecule has 0 aromatic carbocycles. The molecule has 0 radical (unpaired) electrons. The molecule has 5 saturated carbocycles. The van der Waals surface area contributed by atoms with Crippen LogP contribution in [0.1, 0.15) is 119 Å². The van der Waals surface area contributed by atoms with Gasteiger partial charge >= 0.3 is 5.97 Å². The number of halogens is 1. The number of carbonyl (C=O) groups is 5. The molecule has 0 aromatic heterocycles. The van der Waals surface area contributed by atoms with Gasteiger partial charge in [0, 0.05) is 40.9 Å². The Labute approximate surface area is 345 Å². The van der Waals surface area contributed by atoms with Crippen molar-refractivity contribution in [2.75, 3.05) is 13.2 Å². The lowest BCUT2D eigenvalue weighted by atomic mass is 9.44. The minimum atomic E-state index is -1.98. The first-order chi connectivity index (χ1) is 27.5. The molecule has 59 heavy (non-hydrogen) atoms. The average molecular weight is 821 g/mol. The van der Waals surface area contributed by atoms with Crippen LogP contribution in [-0.2, 0) is 38.2 Å². The number of ether oxygens (including phenoxy) is 3. The molecule has 0 amide bonds. The van der Waals surface area contributed by atoms with Crippen LogP contribution >= 0.6 is 0 Å². The zero-order chi connectivity index (χ0) is 42.9. The molecule has 11 nitrogen and oxygen atoms in total. The summed E-state index contributed by atoms with van der Waals surface area (Å²) < 4.78 is 34.4. The third kappa shape index (κ3) is 5.64. The van der Waals surface area contributed by atoms with Crippen molar-refractivity contribution in [3.63, 3.8) is 0 Å². The lowest BCUT2D eigenvalue weighted by Gasteiger charge is -2.62. The van der Waals surface area contributed by atoms with Crippen molar-refractivity contribution in [3.05, 3.63) is 47.1 Å². The van der Waals surface area contributed by atoms with Crippen molar-refractivity contribution < 1.29 is 57.9 Å². The van der Waals surface area contributed by atoms with Crippen LogP contribution in [0.25, 0.3) is 0 Å². The monoisotopic (exact) mass is 820 g/mol. The topological polar surface area (TPSA) is 174 Å². The summed E-state index contributed by atoms with van der Waals surface area (Å²) >= 11 is 0. The molecule has 0 aromatic rings. The first-order valence-corrected chi connectivity index (χ1v) is 21.6. The number of ketones is 4. The second-order valence-electron chi connectivity index (χ2n) is 20.5. The maximum atomic E-state index is 17.1. The largest absolute Gasteiger partial charge is 0.458 e. The molecular formula is C47H61FO11. The van der Waals surface area contributed by atoms with E-state index >= 15 is 4.39 Å². The van der Waals surface area contributed by atoms with Crippen LogP contribution in [0.5, 0.6) is 0 Å². The van der Waals surface area contributed by atoms with E-state index in [1.807, 2.05) is 19.9 Å². The highest BCUT2D eigenvalue weighted by molar-refractivity contribution is 6.01. The van der Waals surface area contributed by atoms with E-state index in [9.17, 15) is 39.3 Å². The molecule has 3 N–H and O–H groups in total. The summed E-state index contributed by atoms with van der Waals surface area (Å²) in [6, 6.07) is 0. The van der Waals surface area contributed by atoms with Crippen LogP contribution in [0.3, 0.4) is 0 Å². The number of aliphatic hydroxyl groups excluding tert-OH is 2. The highest BCUT2D eigenvalue weighted by Gasteiger charge is 2.80. The lowest BCUT2D eigenvalue weighted by Crippen LogP contribution is -2.70. The Balaban J connectivity index is 0.000000165. The minimum Gasteiger partial charge on any atom is -0.458 e. The van der Waals surface area contributed by atoms with Gasteiger partial charge in [0.15, 0.2) is 41.0 Å². The van der Waals surface area contributed by atoms with Gasteiger partial charge in [-0.15, -0.1) is 0 Å². The molecule has 1 heterocycles. The van der Waals surface area contributed by atoms with Crippen LogP contribution < -0.4 is 0 Å². The van der Waals surface area contributed by atoms with Gasteiger partial charge in [-0.3, -0.25) is 24.0 Å². The van der Waals surface area contributed by atoms with E-state index < -0.39 is 75.4 Å². The van der Waals surface area contributed by atoms with Gasteiger partial charge in [0.05, 0.1) is 12.2 Å². The molecule has 1 saturated heterocycles. The maximum Gasteiger partial charge on any atom is 0.303 e. The van der Waals surface area contributed by atoms with Crippen molar-refractivity contribution in [2.24, 2.45) is 45.3 Å². The summed E-state index contributed by atoms with van der Waals surface area (Å²) in [7, 11) is 0. The Bertz CT molecular complexity index is 2020. The number of fused-ring (bicyclic) bond motifs is 12. The van der Waals surface area contributed by atoms with E-state index in [1.165, 1.54) is 30.2 Å². The number of Topliss-reactive ketones (excluding diaryl/α,β-unsaturated/α-hetero) is 2. The molecule has 0 unspecified atom stereocenters. The summed E-state index contributed by atoms with van der Waals surface area (Å²) in [4.78, 5) is 61.0. The first-order valence-electron chi connectivity index (χ1n) is 21.6. The van der Waals surface area contributed by atoms with E-state index in [2.05, 4.69) is 13.0 Å². The SMILES string of the molecule is CC(=O)OCC(=O)[C@@]1(O)CC[C@H]2[C@@H]3CCC4=CC(=O)CC[C@]4(C)C3=CC[C@@]21C.CC1(C)O[C@@H]2C[C@H]3[C@@H]4CCC5=CC(=O)C=C[C@]5(C)[C@@]4(F)[C@@H](O)C[C@]3(C)[C@]2(C(=O)CO)O1. The fourth-order valence-corrected chi connectivity index (χ4v) is 14.5. The Morgan fingerprint density at radius 2 is 1.61 bits per heavy atom. The molecule has 6 fully saturated rings. The summed E-state index contributed by atoms with van der Waals surface area (Å²) in [5.41, 5.74) is -4.03. The number of hydrogen-bond acceptors (Lipinski definition) is 11. The van der Waals surface area contributed by atoms with Gasteiger partial charge in [-0.2, -0.15) is 0 Å². The van der Waals surface area contributed by atoms with Crippen LogP contribution in [0.15, 0.2) is 47.1 Å². The van der Waals surface area contributed by atoms with E-state index in [4.69, 9.17) is 14.2 Å². The number of allylic oxidation sites excluding steroid dienone is 8. The number of rotatable bonds is 5. The van der Waals surface area contributed by atoms with Gasteiger partial charge in [-0.1, -0.05) is 49.6 Å². The van der Waals surface area contributed by atoms with Gasteiger partial charge in [-0.25, -0.2) is 4.39 Å². The van der Waals surface area contributed by atoms with Crippen LogP contribution in [0, 0.1) is 45.3 Å². The molecule has 13 atom stereocenters. The second-order valence-corrected chi connectivity index (χ2v) is 20.5. The van der Waals surface area contributed by atoms with E-state index in [0.29, 0.717) is 44.4 Å².